The molecule has 1 aromatic carbocycles. The van der Waals surface area contributed by atoms with Crippen LogP contribution in [0, 0.1) is 10.1 Å². The van der Waals surface area contributed by atoms with Crippen molar-refractivity contribution in [2.45, 2.75) is 6.92 Å². The summed E-state index contributed by atoms with van der Waals surface area (Å²) in [5.74, 6) is -0.136. The lowest BCUT2D eigenvalue weighted by atomic mass is 10.1. The van der Waals surface area contributed by atoms with Crippen LogP contribution in [0.15, 0.2) is 30.3 Å². The molecule has 0 heterocycles. The van der Waals surface area contributed by atoms with E-state index in [1.54, 1.807) is 18.2 Å². The first-order valence-corrected chi connectivity index (χ1v) is 4.03. The van der Waals surface area contributed by atoms with Crippen LogP contribution < -0.4 is 0 Å². The number of nitro benzene ring substituents is 1. The average molecular weight is 191 g/mol. The molecule has 0 saturated heterocycles. The Labute approximate surface area is 81.0 Å². The van der Waals surface area contributed by atoms with E-state index in [0.29, 0.717) is 5.56 Å². The van der Waals surface area contributed by atoms with Crippen LogP contribution in [0.2, 0.25) is 0 Å². The molecule has 0 amide bonds. The highest BCUT2D eigenvalue weighted by Gasteiger charge is 2.08. The van der Waals surface area contributed by atoms with Crippen LogP contribution >= 0.6 is 0 Å². The molecule has 0 unspecified atom stereocenters. The van der Waals surface area contributed by atoms with E-state index in [1.807, 2.05) is 0 Å². The fourth-order valence-electron chi connectivity index (χ4n) is 1.00. The summed E-state index contributed by atoms with van der Waals surface area (Å²) in [6, 6.07) is 6.27. The summed E-state index contributed by atoms with van der Waals surface area (Å²) in [5, 5.41) is 10.6. The zero-order chi connectivity index (χ0) is 10.6. The first kappa shape index (κ1) is 10.1. The molecule has 0 saturated carbocycles. The van der Waals surface area contributed by atoms with Gasteiger partial charge in [0.15, 0.2) is 5.78 Å². The zero-order valence-electron chi connectivity index (χ0n) is 7.64. The lowest BCUT2D eigenvalue weighted by Gasteiger charge is -1.95. The highest BCUT2D eigenvalue weighted by atomic mass is 16.6. The van der Waals surface area contributed by atoms with Gasteiger partial charge in [-0.1, -0.05) is 12.1 Å². The van der Waals surface area contributed by atoms with E-state index in [1.165, 1.54) is 25.1 Å². The SMILES string of the molecule is CC(=O)/C=C/c1ccccc1[N+](=O)[O-]. The van der Waals surface area contributed by atoms with Crippen LogP contribution in [0.1, 0.15) is 12.5 Å². The van der Waals surface area contributed by atoms with E-state index in [4.69, 9.17) is 0 Å². The van der Waals surface area contributed by atoms with Crippen molar-refractivity contribution in [2.24, 2.45) is 0 Å². The largest absolute Gasteiger partial charge is 0.295 e. The Morgan fingerprint density at radius 3 is 2.64 bits per heavy atom. The first-order chi connectivity index (χ1) is 6.61. The molecule has 1 rings (SSSR count). The van der Waals surface area contributed by atoms with Gasteiger partial charge in [-0.25, -0.2) is 0 Å². The van der Waals surface area contributed by atoms with Gasteiger partial charge in [-0.15, -0.1) is 0 Å². The Morgan fingerprint density at radius 1 is 1.43 bits per heavy atom. The molecule has 0 aliphatic carbocycles. The molecule has 14 heavy (non-hydrogen) atoms. The molecule has 0 N–H and O–H groups in total. The van der Waals surface area contributed by atoms with Crippen LogP contribution in [0.3, 0.4) is 0 Å². The minimum absolute atomic E-state index is 0.00463. The van der Waals surface area contributed by atoms with Crippen molar-refractivity contribution < 1.29 is 9.72 Å². The fraction of sp³-hybridized carbons (Fsp3) is 0.100. The van der Waals surface area contributed by atoms with E-state index >= 15 is 0 Å². The topological polar surface area (TPSA) is 60.2 Å². The third kappa shape index (κ3) is 2.52. The van der Waals surface area contributed by atoms with Gasteiger partial charge in [0.05, 0.1) is 10.5 Å². The van der Waals surface area contributed by atoms with Crippen molar-refractivity contribution in [1.29, 1.82) is 0 Å². The minimum Gasteiger partial charge on any atom is -0.295 e. The number of carbonyl (C=O) groups excluding carboxylic acids is 1. The molecule has 0 aromatic heterocycles. The van der Waals surface area contributed by atoms with Crippen molar-refractivity contribution in [3.05, 3.63) is 46.0 Å². The van der Waals surface area contributed by atoms with Crippen molar-refractivity contribution in [2.75, 3.05) is 0 Å². The van der Waals surface area contributed by atoms with E-state index in [-0.39, 0.29) is 11.5 Å². The van der Waals surface area contributed by atoms with Crippen LogP contribution in [0.5, 0.6) is 0 Å². The number of rotatable bonds is 3. The molecular formula is C10H9NO3. The molecule has 0 aliphatic rings. The maximum absolute atomic E-state index is 10.6. The molecule has 0 bridgehead atoms. The van der Waals surface area contributed by atoms with Crippen molar-refractivity contribution in [1.82, 2.24) is 0 Å². The molecule has 4 nitrogen and oxygen atoms in total. The summed E-state index contributed by atoms with van der Waals surface area (Å²) < 4.78 is 0. The van der Waals surface area contributed by atoms with Gasteiger partial charge in [0.25, 0.3) is 5.69 Å². The van der Waals surface area contributed by atoms with E-state index in [2.05, 4.69) is 0 Å². The van der Waals surface area contributed by atoms with E-state index in [0.717, 1.165) is 0 Å². The monoisotopic (exact) mass is 191 g/mol. The third-order valence-electron chi connectivity index (χ3n) is 1.63. The van der Waals surface area contributed by atoms with Gasteiger partial charge in [0.2, 0.25) is 0 Å². The molecule has 1 aromatic rings. The highest BCUT2D eigenvalue weighted by Crippen LogP contribution is 2.18. The quantitative estimate of drug-likeness (QED) is 0.418. The number of nitrogens with zero attached hydrogens (tertiary/aromatic N) is 1. The summed E-state index contributed by atoms with van der Waals surface area (Å²) in [6.45, 7) is 1.39. The molecule has 0 atom stereocenters. The molecule has 0 fully saturated rings. The predicted octanol–water partition coefficient (Wildman–Crippen LogP) is 2.20. The number of hydrogen-bond donors (Lipinski definition) is 0. The lowest BCUT2D eigenvalue weighted by molar-refractivity contribution is -0.385. The summed E-state index contributed by atoms with van der Waals surface area (Å²) >= 11 is 0. The maximum atomic E-state index is 10.6. The molecule has 0 radical (unpaired) electrons. The van der Waals surface area contributed by atoms with Crippen molar-refractivity contribution >= 4 is 17.5 Å². The van der Waals surface area contributed by atoms with Crippen molar-refractivity contribution in [3.63, 3.8) is 0 Å². The number of benzene rings is 1. The second-order valence-electron chi connectivity index (χ2n) is 2.76. The van der Waals surface area contributed by atoms with Crippen molar-refractivity contribution in [3.8, 4) is 0 Å². The van der Waals surface area contributed by atoms with E-state index < -0.39 is 4.92 Å². The van der Waals surface area contributed by atoms with Gasteiger partial charge in [-0.05, 0) is 25.1 Å². The second kappa shape index (κ2) is 4.32. The van der Waals surface area contributed by atoms with Crippen LogP contribution in [-0.4, -0.2) is 10.7 Å². The normalized spacial score (nSPS) is 10.4. The summed E-state index contributed by atoms with van der Waals surface area (Å²) in [7, 11) is 0. The summed E-state index contributed by atoms with van der Waals surface area (Å²) in [5.41, 5.74) is 0.442. The highest BCUT2D eigenvalue weighted by molar-refractivity contribution is 5.92. The molecule has 72 valence electrons. The van der Waals surface area contributed by atoms with Gasteiger partial charge in [-0.2, -0.15) is 0 Å². The van der Waals surface area contributed by atoms with Gasteiger partial charge < -0.3 is 0 Å². The van der Waals surface area contributed by atoms with Crippen LogP contribution in [0.25, 0.3) is 6.08 Å². The molecular weight excluding hydrogens is 182 g/mol. The Morgan fingerprint density at radius 2 is 2.07 bits per heavy atom. The second-order valence-corrected chi connectivity index (χ2v) is 2.76. The Balaban J connectivity index is 3.07. The predicted molar refractivity (Wildman–Crippen MR) is 52.8 cm³/mol. The Hall–Kier alpha value is -1.97. The van der Waals surface area contributed by atoms with E-state index in [9.17, 15) is 14.9 Å². The third-order valence-corrected chi connectivity index (χ3v) is 1.63. The maximum Gasteiger partial charge on any atom is 0.276 e. The minimum atomic E-state index is -0.472. The standard InChI is InChI=1S/C10H9NO3/c1-8(12)6-7-9-4-2-3-5-10(9)11(13)14/h2-7H,1H3/b7-6+. The first-order valence-electron chi connectivity index (χ1n) is 4.03. The van der Waals surface area contributed by atoms with Gasteiger partial charge in [-0.3, -0.25) is 14.9 Å². The van der Waals surface area contributed by atoms with Gasteiger partial charge in [0, 0.05) is 6.07 Å². The Kier molecular flexibility index (Phi) is 3.12. The number of para-hydroxylation sites is 1. The number of ketones is 1. The average Bonchev–Trinajstić information content (AvgIpc) is 2.15. The smallest absolute Gasteiger partial charge is 0.276 e. The van der Waals surface area contributed by atoms with Gasteiger partial charge in [0.1, 0.15) is 0 Å². The zero-order valence-corrected chi connectivity index (χ0v) is 7.64. The fourth-order valence-corrected chi connectivity index (χ4v) is 1.00. The van der Waals surface area contributed by atoms with Crippen LogP contribution in [-0.2, 0) is 4.79 Å². The Bertz CT molecular complexity index is 396. The number of nitro groups is 1. The van der Waals surface area contributed by atoms with Gasteiger partial charge >= 0.3 is 0 Å². The number of hydrogen-bond acceptors (Lipinski definition) is 3. The van der Waals surface area contributed by atoms with Crippen LogP contribution in [0.4, 0.5) is 5.69 Å². The molecule has 0 aliphatic heterocycles. The summed E-state index contributed by atoms with van der Waals surface area (Å²) in [6.07, 6.45) is 2.75. The number of allylic oxidation sites excluding steroid dienone is 1. The molecule has 4 heteroatoms. The number of carbonyl (C=O) groups is 1. The molecule has 0 spiro atoms. The summed E-state index contributed by atoms with van der Waals surface area (Å²) in [4.78, 5) is 20.7. The lowest BCUT2D eigenvalue weighted by Crippen LogP contribution is -1.91.